The van der Waals surface area contributed by atoms with Crippen LogP contribution in [-0.4, -0.2) is 16.4 Å². The molecule has 1 saturated carbocycles. The van der Waals surface area contributed by atoms with E-state index in [1.165, 1.54) is 6.20 Å². The van der Waals surface area contributed by atoms with Crippen LogP contribution in [0.4, 0.5) is 0 Å². The van der Waals surface area contributed by atoms with Gasteiger partial charge in [0.2, 0.25) is 0 Å². The molecule has 4 nitrogen and oxygen atoms in total. The Morgan fingerprint density at radius 1 is 1.17 bits per heavy atom. The van der Waals surface area contributed by atoms with E-state index >= 15 is 0 Å². The number of aliphatic hydroxyl groups is 1. The zero-order valence-electron chi connectivity index (χ0n) is 15.3. The maximum Gasteiger partial charge on any atom is 0.176 e. The lowest BCUT2D eigenvalue weighted by Crippen LogP contribution is -2.51. The van der Waals surface area contributed by atoms with Gasteiger partial charge in [0.25, 0.3) is 0 Å². The maximum absolute atomic E-state index is 12.2. The van der Waals surface area contributed by atoms with Gasteiger partial charge in [-0.2, -0.15) is 0 Å². The summed E-state index contributed by atoms with van der Waals surface area (Å²) in [6.45, 7) is 0. The first-order valence-electron chi connectivity index (χ1n) is 9.34. The van der Waals surface area contributed by atoms with Gasteiger partial charge in [-0.1, -0.05) is 70.0 Å². The third-order valence-electron chi connectivity index (χ3n) is 6.17. The molecule has 2 heterocycles. The Labute approximate surface area is 181 Å². The highest BCUT2D eigenvalue weighted by Crippen LogP contribution is 2.67. The second-order valence-electron chi connectivity index (χ2n) is 7.55. The van der Waals surface area contributed by atoms with Crippen molar-refractivity contribution in [2.45, 2.75) is 23.5 Å². The standard InChI is InChI=1S/C23H17BrClNO3/c24-17-8-6-15(7-9-17)23-19(14-4-2-1-3-5-14)10-16(13-27)22(23,28)21-20(29-23)11-18(25)12-26-21/h1-9,11-13,16,19,28H,10H2. The average molecular weight is 471 g/mol. The van der Waals surface area contributed by atoms with Crippen molar-refractivity contribution in [3.05, 3.63) is 93.2 Å². The van der Waals surface area contributed by atoms with E-state index in [4.69, 9.17) is 16.3 Å². The number of fused-ring (bicyclic) bond motifs is 3. The third kappa shape index (κ3) is 2.48. The second kappa shape index (κ2) is 6.66. The minimum absolute atomic E-state index is 0.252. The number of rotatable bonds is 3. The van der Waals surface area contributed by atoms with E-state index in [0.717, 1.165) is 21.9 Å². The Bertz CT molecular complexity index is 1090. The first-order chi connectivity index (χ1) is 14.0. The van der Waals surface area contributed by atoms with Gasteiger partial charge >= 0.3 is 0 Å². The topological polar surface area (TPSA) is 59.4 Å². The summed E-state index contributed by atoms with van der Waals surface area (Å²) in [7, 11) is 0. The van der Waals surface area contributed by atoms with Crippen molar-refractivity contribution in [3.63, 3.8) is 0 Å². The van der Waals surface area contributed by atoms with Crippen LogP contribution >= 0.6 is 27.5 Å². The molecule has 0 bridgehead atoms. The summed E-state index contributed by atoms with van der Waals surface area (Å²) < 4.78 is 7.47. The van der Waals surface area contributed by atoms with Crippen LogP contribution in [0.2, 0.25) is 5.02 Å². The molecule has 3 aromatic rings. The number of halogens is 2. The van der Waals surface area contributed by atoms with E-state index in [2.05, 4.69) is 20.9 Å². The molecule has 146 valence electrons. The van der Waals surface area contributed by atoms with Gasteiger partial charge < -0.3 is 14.6 Å². The van der Waals surface area contributed by atoms with Gasteiger partial charge in [0.05, 0.1) is 10.9 Å². The Hall–Kier alpha value is -2.21. The number of hydrogen-bond donors (Lipinski definition) is 1. The summed E-state index contributed by atoms with van der Waals surface area (Å²) in [5.41, 5.74) is -0.656. The smallest absolute Gasteiger partial charge is 0.176 e. The average Bonchev–Trinajstić information content (AvgIpc) is 3.13. The van der Waals surface area contributed by atoms with Gasteiger partial charge in [-0.25, -0.2) is 0 Å². The molecule has 4 atom stereocenters. The first kappa shape index (κ1) is 18.8. The number of pyridine rings is 1. The van der Waals surface area contributed by atoms with E-state index in [-0.39, 0.29) is 5.92 Å². The number of carbonyl (C=O) groups excluding carboxylic acids is 1. The molecule has 1 fully saturated rings. The van der Waals surface area contributed by atoms with Crippen molar-refractivity contribution >= 4 is 33.8 Å². The summed E-state index contributed by atoms with van der Waals surface area (Å²) in [5, 5.41) is 12.6. The fraction of sp³-hybridized carbons (Fsp3) is 0.217. The molecular weight excluding hydrogens is 454 g/mol. The van der Waals surface area contributed by atoms with Gasteiger partial charge in [-0.3, -0.25) is 4.98 Å². The quantitative estimate of drug-likeness (QED) is 0.549. The molecule has 0 amide bonds. The molecule has 4 unspecified atom stereocenters. The van der Waals surface area contributed by atoms with Crippen LogP contribution in [0, 0.1) is 5.92 Å². The number of carbonyl (C=O) groups is 1. The van der Waals surface area contributed by atoms with Crippen molar-refractivity contribution < 1.29 is 14.6 Å². The second-order valence-corrected chi connectivity index (χ2v) is 8.90. The first-order valence-corrected chi connectivity index (χ1v) is 10.5. The Morgan fingerprint density at radius 2 is 1.90 bits per heavy atom. The Balaban J connectivity index is 1.82. The van der Waals surface area contributed by atoms with Crippen molar-refractivity contribution in [3.8, 4) is 5.75 Å². The summed E-state index contributed by atoms with van der Waals surface area (Å²) in [6.07, 6.45) is 2.76. The highest BCUT2D eigenvalue weighted by Gasteiger charge is 2.73. The molecule has 2 aromatic carbocycles. The molecule has 1 N–H and O–H groups in total. The SMILES string of the molecule is O=CC1CC(c2ccccc2)C2(c3ccc(Br)cc3)Oc3cc(Cl)cnc3C12O. The predicted octanol–water partition coefficient (Wildman–Crippen LogP) is 4.98. The van der Waals surface area contributed by atoms with Crippen LogP contribution in [0.25, 0.3) is 0 Å². The van der Waals surface area contributed by atoms with Gasteiger partial charge in [-0.05, 0) is 29.7 Å². The summed E-state index contributed by atoms with van der Waals surface area (Å²) in [5.74, 6) is -0.514. The van der Waals surface area contributed by atoms with Gasteiger partial charge in [0, 0.05) is 22.7 Å². The van der Waals surface area contributed by atoms with Crippen LogP contribution in [0.3, 0.4) is 0 Å². The number of aromatic nitrogens is 1. The molecular formula is C23H17BrClNO3. The van der Waals surface area contributed by atoms with Crippen LogP contribution in [-0.2, 0) is 16.0 Å². The highest BCUT2D eigenvalue weighted by atomic mass is 79.9. The zero-order chi connectivity index (χ0) is 20.2. The summed E-state index contributed by atoms with van der Waals surface area (Å²) in [6, 6.07) is 19.2. The molecule has 6 heteroatoms. The highest BCUT2D eigenvalue weighted by molar-refractivity contribution is 9.10. The molecule has 5 rings (SSSR count). The Kier molecular flexibility index (Phi) is 4.32. The van der Waals surface area contributed by atoms with Gasteiger partial charge in [-0.15, -0.1) is 0 Å². The van der Waals surface area contributed by atoms with Crippen molar-refractivity contribution in [2.24, 2.45) is 5.92 Å². The maximum atomic E-state index is 12.2. The van der Waals surface area contributed by atoms with Crippen molar-refractivity contribution in [1.29, 1.82) is 0 Å². The van der Waals surface area contributed by atoms with Gasteiger partial charge in [0.1, 0.15) is 17.7 Å². The molecule has 2 aliphatic rings. The van der Waals surface area contributed by atoms with Crippen LogP contribution in [0.1, 0.15) is 29.2 Å². The lowest BCUT2D eigenvalue weighted by molar-refractivity contribution is -0.141. The van der Waals surface area contributed by atoms with Crippen molar-refractivity contribution in [2.75, 3.05) is 0 Å². The van der Waals surface area contributed by atoms with E-state index in [9.17, 15) is 9.90 Å². The van der Waals surface area contributed by atoms with Crippen molar-refractivity contribution in [1.82, 2.24) is 4.98 Å². The van der Waals surface area contributed by atoms with Gasteiger partial charge in [0.15, 0.2) is 11.2 Å². The lowest BCUT2D eigenvalue weighted by Gasteiger charge is -2.40. The van der Waals surface area contributed by atoms with E-state index < -0.39 is 17.1 Å². The third-order valence-corrected chi connectivity index (χ3v) is 6.91. The van der Waals surface area contributed by atoms with E-state index in [1.807, 2.05) is 54.6 Å². The fourth-order valence-electron chi connectivity index (χ4n) is 4.98. The molecule has 0 spiro atoms. The number of nitrogens with zero attached hydrogens (tertiary/aromatic N) is 1. The molecule has 29 heavy (non-hydrogen) atoms. The van der Waals surface area contributed by atoms with Crippen LogP contribution in [0.15, 0.2) is 71.3 Å². The molecule has 1 aliphatic heterocycles. The largest absolute Gasteiger partial charge is 0.476 e. The Morgan fingerprint density at radius 3 is 2.59 bits per heavy atom. The molecule has 1 aromatic heterocycles. The van der Waals surface area contributed by atoms with Crippen LogP contribution < -0.4 is 4.74 Å². The monoisotopic (exact) mass is 469 g/mol. The van der Waals surface area contributed by atoms with E-state index in [1.54, 1.807) is 6.07 Å². The number of aldehydes is 1. The minimum Gasteiger partial charge on any atom is -0.476 e. The number of benzene rings is 2. The number of ether oxygens (including phenoxy) is 1. The summed E-state index contributed by atoms with van der Waals surface area (Å²) in [4.78, 5) is 16.6. The molecule has 1 aliphatic carbocycles. The minimum atomic E-state index is -1.61. The van der Waals surface area contributed by atoms with E-state index in [0.29, 0.717) is 22.9 Å². The lowest BCUT2D eigenvalue weighted by atomic mass is 9.71. The fourth-order valence-corrected chi connectivity index (χ4v) is 5.39. The molecule has 0 radical (unpaired) electrons. The van der Waals surface area contributed by atoms with Crippen LogP contribution in [0.5, 0.6) is 5.75 Å². The number of hydrogen-bond acceptors (Lipinski definition) is 4. The zero-order valence-corrected chi connectivity index (χ0v) is 17.6. The normalized spacial score (nSPS) is 29.8. The summed E-state index contributed by atoms with van der Waals surface area (Å²) >= 11 is 9.63. The molecule has 0 saturated heterocycles. The predicted molar refractivity (Wildman–Crippen MR) is 113 cm³/mol.